The van der Waals surface area contributed by atoms with E-state index in [1.54, 1.807) is 24.3 Å². The summed E-state index contributed by atoms with van der Waals surface area (Å²) >= 11 is 0. The number of carboxylic acids is 1. The minimum absolute atomic E-state index is 0.0134. The van der Waals surface area contributed by atoms with Gasteiger partial charge in [-0.1, -0.05) is 37.6 Å². The van der Waals surface area contributed by atoms with E-state index in [0.29, 0.717) is 23.6 Å². The number of alkyl halides is 2. The number of hydrogen-bond donors (Lipinski definition) is 5. The minimum Gasteiger partial charge on any atom is -0.477 e. The number of unbranched alkanes of at least 4 members (excludes halogenated alkanes) is 1. The molecule has 0 radical (unpaired) electrons. The number of ether oxygens (including phenoxy) is 1. The number of fused-ring (bicyclic) bond motifs is 1. The Morgan fingerprint density at radius 3 is 2.63 bits per heavy atom. The number of rotatable bonds is 9. The van der Waals surface area contributed by atoms with Gasteiger partial charge in [-0.2, -0.15) is 9.65 Å². The molecule has 12 heteroatoms. The molecule has 10 nitrogen and oxygen atoms in total. The number of amides is 1. The Labute approximate surface area is 199 Å². The maximum absolute atomic E-state index is 15.8. The van der Waals surface area contributed by atoms with E-state index in [-0.39, 0.29) is 12.1 Å². The number of hydrogen-bond acceptors (Lipinski definition) is 7. The molecule has 2 unspecified atom stereocenters. The van der Waals surface area contributed by atoms with Gasteiger partial charge in [0.1, 0.15) is 30.1 Å². The van der Waals surface area contributed by atoms with Crippen LogP contribution in [0.2, 0.25) is 0 Å². The number of benzene rings is 1. The second-order valence-corrected chi connectivity index (χ2v) is 8.45. The number of aliphatic hydroxyl groups excluding tert-OH is 3. The summed E-state index contributed by atoms with van der Waals surface area (Å²) in [6.07, 6.45) is -6.59. The molecule has 190 valence electrons. The number of aliphatic carboxylic acids is 1. The van der Waals surface area contributed by atoms with Crippen LogP contribution in [0, 0.1) is 11.3 Å². The van der Waals surface area contributed by atoms with Crippen molar-refractivity contribution in [3.05, 3.63) is 36.2 Å². The zero-order valence-electron chi connectivity index (χ0n) is 18.8. The molecule has 35 heavy (non-hydrogen) atoms. The Morgan fingerprint density at radius 2 is 2.03 bits per heavy atom. The third-order valence-electron chi connectivity index (χ3n) is 6.16. The number of aromatic nitrogens is 1. The van der Waals surface area contributed by atoms with Gasteiger partial charge in [0.25, 0.3) is 0 Å². The lowest BCUT2D eigenvalue weighted by Gasteiger charge is -2.47. The Bertz CT molecular complexity index is 1120. The van der Waals surface area contributed by atoms with Crippen LogP contribution in [0.1, 0.15) is 37.9 Å². The summed E-state index contributed by atoms with van der Waals surface area (Å²) in [6, 6.07) is 4.84. The first kappa shape index (κ1) is 26.5. The molecule has 1 saturated heterocycles. The van der Waals surface area contributed by atoms with Crippen LogP contribution in [0.15, 0.2) is 30.5 Å². The van der Waals surface area contributed by atoms with Crippen molar-refractivity contribution >= 4 is 22.6 Å². The molecule has 5 N–H and O–H groups in total. The minimum atomic E-state index is -4.00. The number of nitriles is 1. The summed E-state index contributed by atoms with van der Waals surface area (Å²) in [5.41, 5.74) is -0.133. The lowest BCUT2D eigenvalue weighted by molar-refractivity contribution is -0.282. The largest absolute Gasteiger partial charge is 0.477 e. The lowest BCUT2D eigenvalue weighted by Crippen LogP contribution is -2.69. The van der Waals surface area contributed by atoms with Gasteiger partial charge >= 0.3 is 11.8 Å². The van der Waals surface area contributed by atoms with Crippen molar-refractivity contribution in [2.24, 2.45) is 0 Å². The average molecular weight is 495 g/mol. The van der Waals surface area contributed by atoms with Gasteiger partial charge in [0.15, 0.2) is 6.17 Å². The lowest BCUT2D eigenvalue weighted by atomic mass is 9.85. The summed E-state index contributed by atoms with van der Waals surface area (Å²) in [5, 5.41) is 52.5. The van der Waals surface area contributed by atoms with Crippen LogP contribution in [-0.2, 0) is 14.3 Å². The van der Waals surface area contributed by atoms with Crippen molar-refractivity contribution in [2.45, 2.75) is 68.6 Å². The molecular weight excluding hydrogens is 468 g/mol. The van der Waals surface area contributed by atoms with Crippen LogP contribution in [-0.4, -0.2) is 79.9 Å². The van der Waals surface area contributed by atoms with Crippen LogP contribution in [0.4, 0.5) is 8.78 Å². The number of carbonyl (C=O) groups excluding carboxylic acids is 1. The molecule has 3 rings (SSSR count). The molecule has 2 aromatic rings. The first-order valence-corrected chi connectivity index (χ1v) is 11.1. The Hall–Kier alpha value is -3.11. The first-order chi connectivity index (χ1) is 16.6. The van der Waals surface area contributed by atoms with Crippen molar-refractivity contribution in [3.63, 3.8) is 0 Å². The number of carboxylic acid groups (broad SMARTS) is 1. The molecule has 0 spiro atoms. The predicted molar refractivity (Wildman–Crippen MR) is 117 cm³/mol. The maximum atomic E-state index is 15.8. The molecule has 1 aromatic carbocycles. The van der Waals surface area contributed by atoms with Crippen molar-refractivity contribution in [3.8, 4) is 6.07 Å². The summed E-state index contributed by atoms with van der Waals surface area (Å²) in [7, 11) is 0. The third kappa shape index (κ3) is 4.85. The van der Waals surface area contributed by atoms with E-state index in [2.05, 4.69) is 5.32 Å². The van der Waals surface area contributed by atoms with Gasteiger partial charge in [-0.15, -0.1) is 0 Å². The van der Waals surface area contributed by atoms with Gasteiger partial charge in [-0.05, 0) is 6.42 Å². The van der Waals surface area contributed by atoms with E-state index in [4.69, 9.17) is 4.74 Å². The first-order valence-electron chi connectivity index (χ1n) is 11.1. The number of halogens is 2. The van der Waals surface area contributed by atoms with Crippen LogP contribution in [0.25, 0.3) is 10.8 Å². The zero-order valence-corrected chi connectivity index (χ0v) is 18.8. The third-order valence-corrected chi connectivity index (χ3v) is 6.16. The van der Waals surface area contributed by atoms with Gasteiger partial charge < -0.3 is 35.0 Å². The van der Waals surface area contributed by atoms with Crippen LogP contribution in [0.5, 0.6) is 0 Å². The van der Waals surface area contributed by atoms with E-state index >= 15 is 8.78 Å². The Morgan fingerprint density at radius 1 is 1.34 bits per heavy atom. The van der Waals surface area contributed by atoms with Crippen LogP contribution >= 0.6 is 0 Å². The van der Waals surface area contributed by atoms with Crippen LogP contribution < -0.4 is 5.32 Å². The highest BCUT2D eigenvalue weighted by molar-refractivity contribution is 5.88. The topological polar surface area (TPSA) is 165 Å². The van der Waals surface area contributed by atoms with Gasteiger partial charge in [-0.3, -0.25) is 4.79 Å². The van der Waals surface area contributed by atoms with Crippen molar-refractivity contribution < 1.29 is 43.5 Å². The molecular formula is C23H27F2N3O7. The molecule has 1 aliphatic heterocycles. The highest BCUT2D eigenvalue weighted by Gasteiger charge is 2.63. The zero-order chi connectivity index (χ0) is 25.9. The van der Waals surface area contributed by atoms with Crippen molar-refractivity contribution in [2.75, 3.05) is 6.61 Å². The molecule has 0 aliphatic carbocycles. The fourth-order valence-corrected chi connectivity index (χ4v) is 4.32. The van der Waals surface area contributed by atoms with E-state index in [0.717, 1.165) is 4.57 Å². The standard InChI is InChI=1S/C23H27F2N3O7/c1-2-3-8-16(31)27-17-18(28-10-12-6-4-5-7-13(12)14(28)9-26)21(24)23(25,22(33)34)35-20(17)19(32)15(30)11-29/h4-7,10,15,17-21,29-30,32H,2-3,8,11H2,1H3,(H,27,31)(H,33,34)/t15-,17-,18-,19-,20-,21?,23?/m1/s1. The van der Waals surface area contributed by atoms with Gasteiger partial charge in [0.2, 0.25) is 5.91 Å². The van der Waals surface area contributed by atoms with Gasteiger partial charge in [-0.25, -0.2) is 9.18 Å². The van der Waals surface area contributed by atoms with E-state index < -0.39 is 60.9 Å². The summed E-state index contributed by atoms with van der Waals surface area (Å²) in [5.74, 6) is -6.96. The predicted octanol–water partition coefficient (Wildman–Crippen LogP) is 0.930. The number of nitrogens with one attached hydrogen (secondary N) is 1. The highest BCUT2D eigenvalue weighted by atomic mass is 19.2. The molecule has 0 bridgehead atoms. The van der Waals surface area contributed by atoms with Gasteiger partial charge in [0.05, 0.1) is 18.7 Å². The molecule has 1 aromatic heterocycles. The van der Waals surface area contributed by atoms with E-state index in [1.165, 1.54) is 6.20 Å². The molecule has 0 saturated carbocycles. The summed E-state index contributed by atoms with van der Waals surface area (Å²) in [4.78, 5) is 24.4. The monoisotopic (exact) mass is 495 g/mol. The fraction of sp³-hybridized carbons (Fsp3) is 0.522. The Balaban J connectivity index is 2.22. The average Bonchev–Trinajstić information content (AvgIpc) is 3.21. The Kier molecular flexibility index (Phi) is 8.07. The maximum Gasteiger partial charge on any atom is 0.372 e. The second kappa shape index (κ2) is 10.7. The molecule has 1 amide bonds. The fourth-order valence-electron chi connectivity index (χ4n) is 4.32. The van der Waals surface area contributed by atoms with Crippen LogP contribution in [0.3, 0.4) is 0 Å². The highest BCUT2D eigenvalue weighted by Crippen LogP contribution is 2.43. The van der Waals surface area contributed by atoms with E-state index in [1.807, 2.05) is 13.0 Å². The van der Waals surface area contributed by atoms with Gasteiger partial charge in [0, 0.05) is 23.4 Å². The summed E-state index contributed by atoms with van der Waals surface area (Å²) in [6.45, 7) is 0.820. The number of nitrogens with zero attached hydrogens (tertiary/aromatic N) is 2. The number of aliphatic hydroxyl groups is 3. The van der Waals surface area contributed by atoms with E-state index in [9.17, 15) is 35.3 Å². The SMILES string of the molecule is CCCCC(=O)N[C@H]1[C@H]([C@H](O)[C@H](O)CO)OC(F)(C(=O)O)C(F)[C@@H]1n1cc2ccccc2c1C#N. The molecule has 2 heterocycles. The van der Waals surface area contributed by atoms with Crippen molar-refractivity contribution in [1.82, 2.24) is 9.88 Å². The molecule has 7 atom stereocenters. The summed E-state index contributed by atoms with van der Waals surface area (Å²) < 4.78 is 37.2. The molecule has 1 aliphatic rings. The quantitative estimate of drug-likeness (QED) is 0.343. The molecule has 1 fully saturated rings. The normalized spacial score (nSPS) is 28.3. The second-order valence-electron chi connectivity index (χ2n) is 8.45. The number of carbonyl (C=O) groups is 2. The van der Waals surface area contributed by atoms with Crippen molar-refractivity contribution in [1.29, 1.82) is 5.26 Å². The smallest absolute Gasteiger partial charge is 0.372 e.